The third-order valence-corrected chi connectivity index (χ3v) is 2.36. The summed E-state index contributed by atoms with van der Waals surface area (Å²) in [6, 6.07) is 0. The molecule has 0 saturated heterocycles. The van der Waals surface area contributed by atoms with E-state index < -0.39 is 0 Å². The van der Waals surface area contributed by atoms with Crippen LogP contribution in [-0.4, -0.2) is 10.1 Å². The number of aromatic nitrogens is 1. The Morgan fingerprint density at radius 3 is 2.62 bits per heavy atom. The molecular formula is C10H15NO2. The molecule has 0 aliphatic heterocycles. The summed E-state index contributed by atoms with van der Waals surface area (Å²) in [5.41, 5.74) is 0.921. The fourth-order valence-corrected chi connectivity index (χ4v) is 1.45. The van der Waals surface area contributed by atoms with Crippen molar-refractivity contribution in [1.82, 2.24) is 4.98 Å². The van der Waals surface area contributed by atoms with Crippen LogP contribution in [0.4, 0.5) is 0 Å². The molecule has 1 N–H and O–H groups in total. The first kappa shape index (κ1) is 8.75. The highest BCUT2D eigenvalue weighted by Crippen LogP contribution is 2.40. The van der Waals surface area contributed by atoms with Crippen molar-refractivity contribution < 1.29 is 9.52 Å². The van der Waals surface area contributed by atoms with E-state index in [-0.39, 0.29) is 6.61 Å². The van der Waals surface area contributed by atoms with E-state index in [1.807, 2.05) is 0 Å². The molecule has 1 aliphatic carbocycles. The lowest BCUT2D eigenvalue weighted by Gasteiger charge is -1.99. The average molecular weight is 181 g/mol. The third kappa shape index (κ3) is 1.61. The van der Waals surface area contributed by atoms with Crippen LogP contribution in [0.1, 0.15) is 55.9 Å². The third-order valence-electron chi connectivity index (χ3n) is 2.36. The highest BCUT2D eigenvalue weighted by atomic mass is 16.4. The maximum atomic E-state index is 9.05. The Balaban J connectivity index is 2.30. The fourth-order valence-electron chi connectivity index (χ4n) is 1.45. The van der Waals surface area contributed by atoms with E-state index in [9.17, 15) is 0 Å². The molecule has 0 bridgehead atoms. The monoisotopic (exact) mass is 181 g/mol. The van der Waals surface area contributed by atoms with E-state index in [4.69, 9.17) is 9.52 Å². The molecule has 0 aromatic carbocycles. The van der Waals surface area contributed by atoms with Gasteiger partial charge in [-0.25, -0.2) is 4.98 Å². The van der Waals surface area contributed by atoms with Gasteiger partial charge in [-0.3, -0.25) is 0 Å². The summed E-state index contributed by atoms with van der Waals surface area (Å²) in [7, 11) is 0. The van der Waals surface area contributed by atoms with Crippen molar-refractivity contribution in [2.75, 3.05) is 0 Å². The number of hydrogen-bond acceptors (Lipinski definition) is 3. The molecule has 0 amide bonds. The smallest absolute Gasteiger partial charge is 0.197 e. The second-order valence-electron chi connectivity index (χ2n) is 3.95. The zero-order valence-corrected chi connectivity index (χ0v) is 8.08. The van der Waals surface area contributed by atoms with Crippen molar-refractivity contribution in [3.05, 3.63) is 17.3 Å². The molecule has 13 heavy (non-hydrogen) atoms. The lowest BCUT2D eigenvalue weighted by Crippen LogP contribution is -1.93. The van der Waals surface area contributed by atoms with E-state index >= 15 is 0 Å². The Bertz CT molecular complexity index is 300. The van der Waals surface area contributed by atoms with Gasteiger partial charge in [0.2, 0.25) is 0 Å². The number of aliphatic hydroxyl groups is 1. The van der Waals surface area contributed by atoms with Crippen LogP contribution in [0, 0.1) is 0 Å². The van der Waals surface area contributed by atoms with Crippen molar-refractivity contribution in [1.29, 1.82) is 0 Å². The minimum absolute atomic E-state index is 0.0345. The first-order chi connectivity index (χ1) is 6.22. The Labute approximate surface area is 77.8 Å². The van der Waals surface area contributed by atoms with Crippen molar-refractivity contribution in [3.63, 3.8) is 0 Å². The van der Waals surface area contributed by atoms with Crippen molar-refractivity contribution >= 4 is 0 Å². The molecule has 1 fully saturated rings. The quantitative estimate of drug-likeness (QED) is 0.777. The summed E-state index contributed by atoms with van der Waals surface area (Å²) in [6.45, 7) is 4.09. The van der Waals surface area contributed by atoms with Crippen LogP contribution in [0.2, 0.25) is 0 Å². The minimum atomic E-state index is -0.0345. The van der Waals surface area contributed by atoms with Gasteiger partial charge in [0.25, 0.3) is 0 Å². The normalized spacial score (nSPS) is 16.9. The van der Waals surface area contributed by atoms with Crippen LogP contribution in [0.5, 0.6) is 0 Å². The molecule has 0 spiro atoms. The first-order valence-corrected chi connectivity index (χ1v) is 4.82. The van der Waals surface area contributed by atoms with Gasteiger partial charge >= 0.3 is 0 Å². The maximum Gasteiger partial charge on any atom is 0.197 e. The highest BCUT2D eigenvalue weighted by Gasteiger charge is 2.30. The van der Waals surface area contributed by atoms with Crippen molar-refractivity contribution in [2.24, 2.45) is 0 Å². The molecule has 72 valence electrons. The second-order valence-corrected chi connectivity index (χ2v) is 3.95. The Kier molecular flexibility index (Phi) is 2.12. The molecular weight excluding hydrogens is 166 g/mol. The van der Waals surface area contributed by atoms with E-state index in [1.54, 1.807) is 0 Å². The number of oxazole rings is 1. The summed E-state index contributed by atoms with van der Waals surface area (Å²) in [4.78, 5) is 4.42. The van der Waals surface area contributed by atoms with Gasteiger partial charge in [-0.1, -0.05) is 13.8 Å². The molecule has 1 saturated carbocycles. The van der Waals surface area contributed by atoms with Gasteiger partial charge in [-0.15, -0.1) is 0 Å². The summed E-state index contributed by atoms with van der Waals surface area (Å²) >= 11 is 0. The number of rotatable bonds is 3. The maximum absolute atomic E-state index is 9.05. The van der Waals surface area contributed by atoms with Crippen molar-refractivity contribution in [2.45, 2.75) is 45.1 Å². The van der Waals surface area contributed by atoms with Gasteiger partial charge in [-0.2, -0.15) is 0 Å². The zero-order chi connectivity index (χ0) is 9.42. The topological polar surface area (TPSA) is 46.3 Å². The molecule has 0 unspecified atom stereocenters. The fraction of sp³-hybridized carbons (Fsp3) is 0.700. The summed E-state index contributed by atoms with van der Waals surface area (Å²) in [5, 5.41) is 9.05. The van der Waals surface area contributed by atoms with Gasteiger partial charge in [-0.05, 0) is 18.8 Å². The van der Waals surface area contributed by atoms with E-state index in [2.05, 4.69) is 18.8 Å². The largest absolute Gasteiger partial charge is 0.443 e. The Morgan fingerprint density at radius 1 is 1.54 bits per heavy atom. The predicted molar refractivity (Wildman–Crippen MR) is 48.5 cm³/mol. The molecule has 1 aromatic rings. The summed E-state index contributed by atoms with van der Waals surface area (Å²) in [6.07, 6.45) is 2.37. The molecule has 1 heterocycles. The summed E-state index contributed by atoms with van der Waals surface area (Å²) < 4.78 is 5.49. The Morgan fingerprint density at radius 2 is 2.23 bits per heavy atom. The molecule has 1 aromatic heterocycles. The summed E-state index contributed by atoms with van der Waals surface area (Å²) in [5.74, 6) is 2.33. The van der Waals surface area contributed by atoms with Crippen molar-refractivity contribution in [3.8, 4) is 0 Å². The zero-order valence-electron chi connectivity index (χ0n) is 8.08. The first-order valence-electron chi connectivity index (χ1n) is 4.82. The van der Waals surface area contributed by atoms with E-state index in [0.717, 1.165) is 11.6 Å². The lowest BCUT2D eigenvalue weighted by molar-refractivity contribution is 0.241. The van der Waals surface area contributed by atoms with Gasteiger partial charge in [0.15, 0.2) is 11.7 Å². The van der Waals surface area contributed by atoms with Gasteiger partial charge in [0.05, 0.1) is 5.69 Å². The predicted octanol–water partition coefficient (Wildman–Crippen LogP) is 2.17. The van der Waals surface area contributed by atoms with Crippen LogP contribution in [0.3, 0.4) is 0 Å². The molecule has 3 heteroatoms. The lowest BCUT2D eigenvalue weighted by atomic mass is 10.1. The number of nitrogens with zero attached hydrogens (tertiary/aromatic N) is 1. The van der Waals surface area contributed by atoms with Gasteiger partial charge in [0, 0.05) is 5.92 Å². The number of aliphatic hydroxyl groups excluding tert-OH is 1. The average Bonchev–Trinajstić information content (AvgIpc) is 2.84. The van der Waals surface area contributed by atoms with Gasteiger partial charge in [0.1, 0.15) is 6.61 Å². The van der Waals surface area contributed by atoms with Crippen LogP contribution in [-0.2, 0) is 6.61 Å². The molecule has 0 radical (unpaired) electrons. The SMILES string of the molecule is CC(C)c1nc(C2CC2)oc1CO. The number of hydrogen-bond donors (Lipinski definition) is 1. The van der Waals surface area contributed by atoms with Crippen LogP contribution < -0.4 is 0 Å². The minimum Gasteiger partial charge on any atom is -0.443 e. The van der Waals surface area contributed by atoms with Crippen LogP contribution >= 0.6 is 0 Å². The van der Waals surface area contributed by atoms with E-state index in [0.29, 0.717) is 17.6 Å². The van der Waals surface area contributed by atoms with Crippen LogP contribution in [0.25, 0.3) is 0 Å². The highest BCUT2D eigenvalue weighted by molar-refractivity contribution is 5.16. The van der Waals surface area contributed by atoms with E-state index in [1.165, 1.54) is 12.8 Å². The Hall–Kier alpha value is -0.830. The second kappa shape index (κ2) is 3.14. The van der Waals surface area contributed by atoms with Crippen LogP contribution in [0.15, 0.2) is 4.42 Å². The molecule has 3 nitrogen and oxygen atoms in total. The standard InChI is InChI=1S/C10H15NO2/c1-6(2)9-8(5-12)13-10(11-9)7-3-4-7/h6-7,12H,3-5H2,1-2H3. The molecule has 2 rings (SSSR count). The molecule has 1 aliphatic rings. The van der Waals surface area contributed by atoms with Gasteiger partial charge < -0.3 is 9.52 Å². The molecule has 0 atom stereocenters.